The lowest BCUT2D eigenvalue weighted by atomic mass is 10.2. The van der Waals surface area contributed by atoms with E-state index in [9.17, 15) is 14.0 Å². The molecule has 0 unspecified atom stereocenters. The van der Waals surface area contributed by atoms with Crippen LogP contribution in [-0.4, -0.2) is 20.9 Å². The quantitative estimate of drug-likeness (QED) is 0.672. The van der Waals surface area contributed by atoms with Crippen LogP contribution in [0.2, 0.25) is 0 Å². The van der Waals surface area contributed by atoms with Crippen LogP contribution in [0.25, 0.3) is 11.0 Å². The summed E-state index contributed by atoms with van der Waals surface area (Å²) in [6, 6.07) is 6.33. The van der Waals surface area contributed by atoms with Crippen molar-refractivity contribution in [3.05, 3.63) is 58.0 Å². The molecule has 0 aliphatic heterocycles. The third-order valence-electron chi connectivity index (χ3n) is 3.05. The first-order valence-corrected chi connectivity index (χ1v) is 6.18. The highest BCUT2D eigenvalue weighted by Crippen LogP contribution is 2.15. The number of pyridine rings is 1. The van der Waals surface area contributed by atoms with Gasteiger partial charge in [0.15, 0.2) is 0 Å². The molecule has 3 N–H and O–H groups in total. The third kappa shape index (κ3) is 2.53. The van der Waals surface area contributed by atoms with Gasteiger partial charge in [-0.05, 0) is 36.8 Å². The Hall–Kier alpha value is -2.96. The average Bonchev–Trinajstić information content (AvgIpc) is 2.81. The fraction of sp³-hybridized carbons (Fsp3) is 0.0714. The molecule has 106 valence electrons. The molecule has 0 fully saturated rings. The maximum Gasteiger partial charge on any atom is 0.323 e. The molecule has 0 aliphatic carbocycles. The molecule has 2 aromatic heterocycles. The van der Waals surface area contributed by atoms with Crippen molar-refractivity contribution in [2.24, 2.45) is 0 Å². The Bertz CT molecular complexity index is 897. The zero-order valence-electron chi connectivity index (χ0n) is 11.0. The van der Waals surface area contributed by atoms with Crippen molar-refractivity contribution in [2.75, 3.05) is 5.32 Å². The smallest absolute Gasteiger partial charge is 0.321 e. The van der Waals surface area contributed by atoms with E-state index >= 15 is 0 Å². The number of aryl methyl sites for hydroxylation is 1. The van der Waals surface area contributed by atoms with Gasteiger partial charge in [0.1, 0.15) is 11.5 Å². The summed E-state index contributed by atoms with van der Waals surface area (Å²) in [5, 5.41) is 2.65. The SMILES string of the molecule is Cc1cc(C(=O)Nc2ccc3[nH]c(=O)[nH]c3c2)ncc1F. The van der Waals surface area contributed by atoms with Crippen molar-refractivity contribution in [1.82, 2.24) is 15.0 Å². The second-order valence-electron chi connectivity index (χ2n) is 4.61. The number of halogens is 1. The first-order chi connectivity index (χ1) is 10.0. The number of hydrogen-bond donors (Lipinski definition) is 3. The predicted molar refractivity (Wildman–Crippen MR) is 75.8 cm³/mol. The fourth-order valence-corrected chi connectivity index (χ4v) is 1.97. The van der Waals surface area contributed by atoms with E-state index in [1.54, 1.807) is 25.1 Å². The molecule has 0 saturated heterocycles. The lowest BCUT2D eigenvalue weighted by Crippen LogP contribution is -2.14. The van der Waals surface area contributed by atoms with Gasteiger partial charge in [-0.2, -0.15) is 0 Å². The Balaban J connectivity index is 1.88. The standard InChI is InChI=1S/C14H11FN4O2/c1-7-4-12(16-6-9(7)15)13(20)17-8-2-3-10-11(5-8)19-14(21)18-10/h2-6H,1H3,(H,17,20)(H2,18,19,21). The number of amides is 1. The lowest BCUT2D eigenvalue weighted by molar-refractivity contribution is 0.102. The van der Waals surface area contributed by atoms with Crippen molar-refractivity contribution in [3.8, 4) is 0 Å². The first-order valence-electron chi connectivity index (χ1n) is 6.18. The highest BCUT2D eigenvalue weighted by Gasteiger charge is 2.10. The minimum atomic E-state index is -0.460. The van der Waals surface area contributed by atoms with Gasteiger partial charge in [-0.1, -0.05) is 0 Å². The van der Waals surface area contributed by atoms with E-state index in [1.165, 1.54) is 6.07 Å². The van der Waals surface area contributed by atoms with Gasteiger partial charge in [0, 0.05) is 5.69 Å². The first kappa shape index (κ1) is 13.0. The van der Waals surface area contributed by atoms with Crippen LogP contribution in [0, 0.1) is 12.7 Å². The highest BCUT2D eigenvalue weighted by atomic mass is 19.1. The van der Waals surface area contributed by atoms with Gasteiger partial charge in [-0.3, -0.25) is 4.79 Å². The number of nitrogens with one attached hydrogen (secondary N) is 3. The molecule has 0 bridgehead atoms. The monoisotopic (exact) mass is 286 g/mol. The molecule has 21 heavy (non-hydrogen) atoms. The van der Waals surface area contributed by atoms with Crippen LogP contribution in [0.5, 0.6) is 0 Å². The molecule has 7 heteroatoms. The summed E-state index contributed by atoms with van der Waals surface area (Å²) in [5.74, 6) is -0.909. The second kappa shape index (κ2) is 4.86. The van der Waals surface area contributed by atoms with Gasteiger partial charge in [-0.15, -0.1) is 0 Å². The Morgan fingerprint density at radius 1 is 1.24 bits per heavy atom. The van der Waals surface area contributed by atoms with Gasteiger partial charge in [-0.25, -0.2) is 14.2 Å². The number of nitrogens with zero attached hydrogens (tertiary/aromatic N) is 1. The van der Waals surface area contributed by atoms with Crippen molar-refractivity contribution < 1.29 is 9.18 Å². The number of benzene rings is 1. The zero-order valence-corrected chi connectivity index (χ0v) is 11.0. The molecule has 0 atom stereocenters. The summed E-state index contributed by atoms with van der Waals surface area (Å²) in [4.78, 5) is 32.2. The minimum absolute atomic E-state index is 0.122. The van der Waals surface area contributed by atoms with Crippen LogP contribution < -0.4 is 11.0 Å². The normalized spacial score (nSPS) is 10.8. The largest absolute Gasteiger partial charge is 0.323 e. The van der Waals surface area contributed by atoms with Crippen LogP contribution in [0.1, 0.15) is 16.1 Å². The number of imidazole rings is 1. The number of carbonyl (C=O) groups is 1. The number of anilines is 1. The topological polar surface area (TPSA) is 90.6 Å². The number of aromatic nitrogens is 3. The van der Waals surface area contributed by atoms with E-state index in [4.69, 9.17) is 0 Å². The number of H-pyrrole nitrogens is 2. The summed E-state index contributed by atoms with van der Waals surface area (Å²) in [5.41, 5.74) is 1.89. The van der Waals surface area contributed by atoms with Crippen molar-refractivity contribution in [3.63, 3.8) is 0 Å². The summed E-state index contributed by atoms with van der Waals surface area (Å²) >= 11 is 0. The number of fused-ring (bicyclic) bond motifs is 1. The van der Waals surface area contributed by atoms with Crippen LogP contribution in [0.4, 0.5) is 10.1 Å². The number of rotatable bonds is 2. The van der Waals surface area contributed by atoms with Crippen molar-refractivity contribution in [1.29, 1.82) is 0 Å². The molecule has 0 radical (unpaired) electrons. The number of aromatic amines is 2. The maximum absolute atomic E-state index is 13.1. The van der Waals surface area contributed by atoms with Gasteiger partial charge >= 0.3 is 5.69 Å². The Morgan fingerprint density at radius 2 is 2.00 bits per heavy atom. The van der Waals surface area contributed by atoms with Crippen LogP contribution in [0.15, 0.2) is 35.3 Å². The molecule has 1 amide bonds. The Morgan fingerprint density at radius 3 is 2.76 bits per heavy atom. The molecular formula is C14H11FN4O2. The van der Waals surface area contributed by atoms with Crippen molar-refractivity contribution >= 4 is 22.6 Å². The molecule has 3 rings (SSSR count). The van der Waals surface area contributed by atoms with Gasteiger partial charge in [0.2, 0.25) is 0 Å². The molecule has 0 spiro atoms. The summed E-state index contributed by atoms with van der Waals surface area (Å²) in [6.07, 6.45) is 1.01. The van der Waals surface area contributed by atoms with Gasteiger partial charge < -0.3 is 15.3 Å². The van der Waals surface area contributed by atoms with Crippen molar-refractivity contribution in [2.45, 2.75) is 6.92 Å². The predicted octanol–water partition coefficient (Wildman–Crippen LogP) is 1.95. The van der Waals surface area contributed by atoms with E-state index in [2.05, 4.69) is 20.3 Å². The highest BCUT2D eigenvalue weighted by molar-refractivity contribution is 6.03. The van der Waals surface area contributed by atoms with E-state index in [0.29, 0.717) is 22.3 Å². The fourth-order valence-electron chi connectivity index (χ4n) is 1.97. The minimum Gasteiger partial charge on any atom is -0.321 e. The molecule has 0 saturated carbocycles. The average molecular weight is 286 g/mol. The molecule has 6 nitrogen and oxygen atoms in total. The van der Waals surface area contributed by atoms with E-state index in [0.717, 1.165) is 6.20 Å². The van der Waals surface area contributed by atoms with E-state index in [1.807, 2.05) is 0 Å². The summed E-state index contributed by atoms with van der Waals surface area (Å²) in [7, 11) is 0. The third-order valence-corrected chi connectivity index (χ3v) is 3.05. The zero-order chi connectivity index (χ0) is 15.0. The molecular weight excluding hydrogens is 275 g/mol. The summed E-state index contributed by atoms with van der Waals surface area (Å²) in [6.45, 7) is 1.56. The Labute approximate surface area is 118 Å². The molecule has 1 aromatic carbocycles. The molecule has 0 aliphatic rings. The molecule has 3 aromatic rings. The number of hydrogen-bond acceptors (Lipinski definition) is 3. The van der Waals surface area contributed by atoms with Crippen LogP contribution in [0.3, 0.4) is 0 Å². The molecule has 2 heterocycles. The van der Waals surface area contributed by atoms with E-state index in [-0.39, 0.29) is 11.4 Å². The summed E-state index contributed by atoms with van der Waals surface area (Å²) < 4.78 is 13.1. The Kier molecular flexibility index (Phi) is 3.02. The second-order valence-corrected chi connectivity index (χ2v) is 4.61. The lowest BCUT2D eigenvalue weighted by Gasteiger charge is -2.05. The van der Waals surface area contributed by atoms with Crippen LogP contribution in [-0.2, 0) is 0 Å². The van der Waals surface area contributed by atoms with Crippen LogP contribution >= 0.6 is 0 Å². The van der Waals surface area contributed by atoms with E-state index < -0.39 is 11.7 Å². The maximum atomic E-state index is 13.1. The van der Waals surface area contributed by atoms with Gasteiger partial charge in [0.05, 0.1) is 17.2 Å². The van der Waals surface area contributed by atoms with Gasteiger partial charge in [0.25, 0.3) is 5.91 Å². The number of carbonyl (C=O) groups excluding carboxylic acids is 1.